The molecule has 1 aromatic heterocycles. The molecule has 1 aromatic rings. The first-order valence-corrected chi connectivity index (χ1v) is 2.10. The minimum atomic E-state index is -0.412. The highest BCUT2D eigenvalue weighted by Gasteiger charge is 1.80. The van der Waals surface area contributed by atoms with Crippen LogP contribution >= 0.6 is 0 Å². The maximum atomic E-state index is 10.2. The largest absolute Gasteiger partial charge is 0.385 e. The Morgan fingerprint density at radius 3 is 3.00 bits per heavy atom. The summed E-state index contributed by atoms with van der Waals surface area (Å²) in [5.74, 6) is 0.338. The van der Waals surface area contributed by atoms with E-state index in [2.05, 4.69) is 9.97 Å². The summed E-state index contributed by atoms with van der Waals surface area (Å²) < 4.78 is 0. The Morgan fingerprint density at radius 2 is 2.62 bits per heavy atom. The van der Waals surface area contributed by atoms with Gasteiger partial charge in [-0.3, -0.25) is 4.98 Å². The number of nitrogens with zero attached hydrogens (tertiary/aromatic N) is 1. The lowest BCUT2D eigenvalue weighted by atomic mass is 10.6. The summed E-state index contributed by atoms with van der Waals surface area (Å²) in [7, 11) is 0. The first-order chi connectivity index (χ1) is 3.79. The molecule has 0 aliphatic heterocycles. The van der Waals surface area contributed by atoms with Crippen LogP contribution in [0.5, 0.6) is 0 Å². The number of hydrogen-bond donors (Lipinski definition) is 2. The van der Waals surface area contributed by atoms with Crippen molar-refractivity contribution in [3.05, 3.63) is 22.7 Å². The molecule has 0 bridgehead atoms. The molecule has 0 aliphatic carbocycles. The van der Waals surface area contributed by atoms with Gasteiger partial charge in [0.25, 0.3) is 0 Å². The third-order valence-electron chi connectivity index (χ3n) is 0.697. The fourth-order valence-electron chi connectivity index (χ4n) is 0.383. The molecule has 0 fully saturated rings. The number of nitrogens with one attached hydrogen (secondary N) is 1. The molecule has 44 valence electrons. The highest BCUT2D eigenvalue weighted by molar-refractivity contribution is 5.22. The van der Waals surface area contributed by atoms with E-state index in [-0.39, 0.29) is 1.43 Å². The number of aromatic nitrogens is 2. The molecule has 0 aromatic carbocycles. The van der Waals surface area contributed by atoms with Crippen molar-refractivity contribution in [2.75, 3.05) is 5.73 Å². The van der Waals surface area contributed by atoms with E-state index >= 15 is 0 Å². The summed E-state index contributed by atoms with van der Waals surface area (Å²) in [4.78, 5) is 15.9. The van der Waals surface area contributed by atoms with E-state index in [9.17, 15) is 4.79 Å². The zero-order chi connectivity index (χ0) is 5.98. The maximum Gasteiger partial charge on any atom is 0.346 e. The van der Waals surface area contributed by atoms with Gasteiger partial charge in [0.15, 0.2) is 0 Å². The lowest BCUT2D eigenvalue weighted by molar-refractivity contribution is 1.08. The van der Waals surface area contributed by atoms with Crippen LogP contribution in [-0.4, -0.2) is 9.97 Å². The summed E-state index contributed by atoms with van der Waals surface area (Å²) in [6.45, 7) is 0. The zero-order valence-electron chi connectivity index (χ0n) is 4.09. The van der Waals surface area contributed by atoms with Gasteiger partial charge in [-0.1, -0.05) is 0 Å². The number of anilines is 1. The van der Waals surface area contributed by atoms with Gasteiger partial charge in [-0.05, 0) is 6.07 Å². The number of aromatic amines is 1. The van der Waals surface area contributed by atoms with Gasteiger partial charge >= 0.3 is 5.69 Å². The van der Waals surface area contributed by atoms with E-state index < -0.39 is 5.69 Å². The minimum Gasteiger partial charge on any atom is -0.385 e. The Labute approximate surface area is 46.9 Å². The smallest absolute Gasteiger partial charge is 0.346 e. The van der Waals surface area contributed by atoms with Gasteiger partial charge in [-0.15, -0.1) is 0 Å². The summed E-state index contributed by atoms with van der Waals surface area (Å²) in [6.07, 6.45) is 1.36. The van der Waals surface area contributed by atoms with Gasteiger partial charge in [0.2, 0.25) is 0 Å². The van der Waals surface area contributed by atoms with Crippen LogP contribution in [0.25, 0.3) is 0 Å². The fraction of sp³-hybridized carbons (Fsp3) is 0. The highest BCUT2D eigenvalue weighted by Crippen LogP contribution is 1.82. The SMILES string of the molecule is Nc1ccnc(=O)[nH]1.[HH]. The maximum absolute atomic E-state index is 10.2. The summed E-state index contributed by atoms with van der Waals surface area (Å²) >= 11 is 0. The van der Waals surface area contributed by atoms with Crippen molar-refractivity contribution in [2.24, 2.45) is 0 Å². The van der Waals surface area contributed by atoms with Crippen molar-refractivity contribution in [2.45, 2.75) is 0 Å². The summed E-state index contributed by atoms with van der Waals surface area (Å²) in [5.41, 5.74) is 4.75. The highest BCUT2D eigenvalue weighted by atomic mass is 16.1. The number of rotatable bonds is 0. The third-order valence-corrected chi connectivity index (χ3v) is 0.697. The molecule has 0 saturated carbocycles. The first-order valence-electron chi connectivity index (χ1n) is 2.10. The summed E-state index contributed by atoms with van der Waals surface area (Å²) in [6, 6.07) is 1.52. The molecule has 4 nitrogen and oxygen atoms in total. The van der Waals surface area contributed by atoms with E-state index in [1.54, 1.807) is 0 Å². The number of H-pyrrole nitrogens is 1. The van der Waals surface area contributed by atoms with E-state index in [1.165, 1.54) is 12.3 Å². The van der Waals surface area contributed by atoms with Crippen molar-refractivity contribution >= 4 is 5.82 Å². The Balaban J connectivity index is 0.000000640. The molecule has 0 saturated heterocycles. The molecule has 1 heterocycles. The van der Waals surface area contributed by atoms with Crippen LogP contribution < -0.4 is 11.4 Å². The second kappa shape index (κ2) is 1.65. The normalized spacial score (nSPS) is 9.00. The molecule has 4 heteroatoms. The predicted octanol–water partition coefficient (Wildman–Crippen LogP) is -0.402. The quantitative estimate of drug-likeness (QED) is 0.480. The van der Waals surface area contributed by atoms with Gasteiger partial charge < -0.3 is 5.73 Å². The van der Waals surface area contributed by atoms with Crippen LogP contribution in [0.4, 0.5) is 5.82 Å². The molecule has 0 spiro atoms. The van der Waals surface area contributed by atoms with Gasteiger partial charge in [0, 0.05) is 7.62 Å². The van der Waals surface area contributed by atoms with Crippen LogP contribution in [0.2, 0.25) is 0 Å². The standard InChI is InChI=1S/C4H5N3O.H2/c5-3-1-2-6-4(8)7-3;/h1-2H,(H3,5,6,7,8);1H. The predicted molar refractivity (Wildman–Crippen MR) is 31.4 cm³/mol. The van der Waals surface area contributed by atoms with Gasteiger partial charge in [0.05, 0.1) is 0 Å². The van der Waals surface area contributed by atoms with Gasteiger partial charge in [0.1, 0.15) is 5.82 Å². The van der Waals surface area contributed by atoms with Crippen molar-refractivity contribution in [3.8, 4) is 0 Å². The van der Waals surface area contributed by atoms with E-state index in [0.29, 0.717) is 5.82 Å². The average Bonchev–Trinajstić information content (AvgIpc) is 1.64. The van der Waals surface area contributed by atoms with Crippen molar-refractivity contribution in [1.29, 1.82) is 0 Å². The van der Waals surface area contributed by atoms with E-state index in [4.69, 9.17) is 5.73 Å². The number of hydrogen-bond acceptors (Lipinski definition) is 3. The molecule has 0 aliphatic rings. The van der Waals surface area contributed by atoms with Crippen molar-refractivity contribution in [3.63, 3.8) is 0 Å². The minimum absolute atomic E-state index is 0. The molecular weight excluding hydrogens is 106 g/mol. The molecule has 0 unspecified atom stereocenters. The topological polar surface area (TPSA) is 71.8 Å². The van der Waals surface area contributed by atoms with Crippen LogP contribution in [0.1, 0.15) is 1.43 Å². The van der Waals surface area contributed by atoms with Crippen LogP contribution in [-0.2, 0) is 0 Å². The lowest BCUT2D eigenvalue weighted by Gasteiger charge is -1.84. The van der Waals surface area contributed by atoms with Gasteiger partial charge in [-0.25, -0.2) is 9.78 Å². The van der Waals surface area contributed by atoms with Crippen LogP contribution in [0, 0.1) is 0 Å². The summed E-state index contributed by atoms with van der Waals surface area (Å²) in [5, 5.41) is 0. The molecular formula is C4H7N3O. The molecule has 0 amide bonds. The molecule has 1 rings (SSSR count). The van der Waals surface area contributed by atoms with Crippen LogP contribution in [0.3, 0.4) is 0 Å². The second-order valence-corrected chi connectivity index (χ2v) is 1.33. The Morgan fingerprint density at radius 1 is 1.88 bits per heavy atom. The Kier molecular flexibility index (Phi) is 0.997. The Bertz CT molecular complexity index is 233. The van der Waals surface area contributed by atoms with E-state index in [0.717, 1.165) is 0 Å². The third kappa shape index (κ3) is 0.841. The zero-order valence-corrected chi connectivity index (χ0v) is 4.09. The first kappa shape index (κ1) is 4.83. The molecule has 0 atom stereocenters. The molecule has 3 N–H and O–H groups in total. The monoisotopic (exact) mass is 113 g/mol. The molecule has 0 radical (unpaired) electrons. The second-order valence-electron chi connectivity index (χ2n) is 1.33. The molecule has 8 heavy (non-hydrogen) atoms. The number of nitrogen functional groups attached to an aromatic ring is 1. The lowest BCUT2D eigenvalue weighted by Crippen LogP contribution is -2.10. The fourth-order valence-corrected chi connectivity index (χ4v) is 0.383. The van der Waals surface area contributed by atoms with Gasteiger partial charge in [-0.2, -0.15) is 0 Å². The van der Waals surface area contributed by atoms with E-state index in [1.807, 2.05) is 0 Å². The Hall–Kier alpha value is -1.32. The average molecular weight is 113 g/mol. The van der Waals surface area contributed by atoms with Crippen molar-refractivity contribution < 1.29 is 1.43 Å². The van der Waals surface area contributed by atoms with Crippen molar-refractivity contribution in [1.82, 2.24) is 9.97 Å². The number of nitrogens with two attached hydrogens (primary N) is 1. The van der Waals surface area contributed by atoms with Crippen LogP contribution in [0.15, 0.2) is 17.1 Å².